The van der Waals surface area contributed by atoms with Crippen molar-refractivity contribution in [3.8, 4) is 0 Å². The quantitative estimate of drug-likeness (QED) is 0.676. The Morgan fingerprint density at radius 3 is 3.06 bits per heavy atom. The molecule has 0 fully saturated rings. The molecular weight excluding hydrogens is 220 g/mol. The number of ether oxygens (including phenoxy) is 1. The number of aromatic nitrogens is 1. The SMILES string of the molecule is CCCNC(CCCOC)Cc1cncs1. The van der Waals surface area contributed by atoms with Crippen molar-refractivity contribution in [3.05, 3.63) is 16.6 Å². The van der Waals surface area contributed by atoms with Gasteiger partial charge < -0.3 is 10.1 Å². The van der Waals surface area contributed by atoms with E-state index in [1.807, 2.05) is 11.7 Å². The van der Waals surface area contributed by atoms with Gasteiger partial charge >= 0.3 is 0 Å². The summed E-state index contributed by atoms with van der Waals surface area (Å²) >= 11 is 1.74. The first-order chi connectivity index (χ1) is 7.86. The van der Waals surface area contributed by atoms with E-state index in [9.17, 15) is 0 Å². The summed E-state index contributed by atoms with van der Waals surface area (Å²) in [5, 5.41) is 3.59. The van der Waals surface area contributed by atoms with Crippen molar-refractivity contribution in [3.63, 3.8) is 0 Å². The van der Waals surface area contributed by atoms with Gasteiger partial charge in [0.25, 0.3) is 0 Å². The van der Waals surface area contributed by atoms with Crippen molar-refractivity contribution < 1.29 is 4.74 Å². The molecule has 1 unspecified atom stereocenters. The molecule has 0 amide bonds. The van der Waals surface area contributed by atoms with Gasteiger partial charge in [-0.2, -0.15) is 0 Å². The molecule has 0 aliphatic heterocycles. The number of thiazole rings is 1. The van der Waals surface area contributed by atoms with E-state index in [0.29, 0.717) is 6.04 Å². The minimum Gasteiger partial charge on any atom is -0.385 e. The molecule has 0 spiro atoms. The van der Waals surface area contributed by atoms with Gasteiger partial charge in [-0.15, -0.1) is 11.3 Å². The van der Waals surface area contributed by atoms with Crippen molar-refractivity contribution >= 4 is 11.3 Å². The second-order valence-corrected chi connectivity index (χ2v) is 4.93. The number of nitrogens with one attached hydrogen (secondary N) is 1. The molecule has 92 valence electrons. The average Bonchev–Trinajstić information content (AvgIpc) is 2.78. The molecule has 4 heteroatoms. The zero-order valence-corrected chi connectivity index (χ0v) is 11.1. The van der Waals surface area contributed by atoms with E-state index in [-0.39, 0.29) is 0 Å². The van der Waals surface area contributed by atoms with E-state index in [1.165, 1.54) is 17.7 Å². The van der Waals surface area contributed by atoms with Crippen LogP contribution in [0.25, 0.3) is 0 Å². The van der Waals surface area contributed by atoms with Crippen LogP contribution in [0.2, 0.25) is 0 Å². The third-order valence-electron chi connectivity index (χ3n) is 2.52. The summed E-state index contributed by atoms with van der Waals surface area (Å²) in [4.78, 5) is 5.48. The van der Waals surface area contributed by atoms with Crippen LogP contribution >= 0.6 is 11.3 Å². The monoisotopic (exact) mass is 242 g/mol. The van der Waals surface area contributed by atoms with Gasteiger partial charge in [0.1, 0.15) is 0 Å². The van der Waals surface area contributed by atoms with Gasteiger partial charge in [-0.1, -0.05) is 6.92 Å². The van der Waals surface area contributed by atoms with Crippen molar-refractivity contribution in [1.82, 2.24) is 10.3 Å². The fraction of sp³-hybridized carbons (Fsp3) is 0.750. The van der Waals surface area contributed by atoms with Gasteiger partial charge in [0.15, 0.2) is 0 Å². The zero-order chi connectivity index (χ0) is 11.6. The van der Waals surface area contributed by atoms with Crippen LogP contribution in [0, 0.1) is 0 Å². The first-order valence-electron chi connectivity index (χ1n) is 5.96. The van der Waals surface area contributed by atoms with Gasteiger partial charge in [0, 0.05) is 30.8 Å². The third kappa shape index (κ3) is 5.58. The number of hydrogen-bond donors (Lipinski definition) is 1. The highest BCUT2D eigenvalue weighted by Crippen LogP contribution is 2.11. The molecule has 16 heavy (non-hydrogen) atoms. The highest BCUT2D eigenvalue weighted by Gasteiger charge is 2.09. The van der Waals surface area contributed by atoms with E-state index in [2.05, 4.69) is 17.2 Å². The van der Waals surface area contributed by atoms with Crippen molar-refractivity contribution in [2.75, 3.05) is 20.3 Å². The fourth-order valence-electron chi connectivity index (χ4n) is 1.68. The first kappa shape index (κ1) is 13.6. The lowest BCUT2D eigenvalue weighted by Gasteiger charge is -2.17. The topological polar surface area (TPSA) is 34.1 Å². The van der Waals surface area contributed by atoms with Crippen LogP contribution in [0.5, 0.6) is 0 Å². The Kier molecular flexibility index (Phi) is 7.38. The summed E-state index contributed by atoms with van der Waals surface area (Å²) in [5.74, 6) is 0. The van der Waals surface area contributed by atoms with E-state index in [1.54, 1.807) is 18.4 Å². The minimum atomic E-state index is 0.565. The van der Waals surface area contributed by atoms with Crippen LogP contribution in [0.1, 0.15) is 31.1 Å². The Bertz CT molecular complexity index is 252. The van der Waals surface area contributed by atoms with Crippen molar-refractivity contribution in [2.24, 2.45) is 0 Å². The van der Waals surface area contributed by atoms with Gasteiger partial charge in [0.2, 0.25) is 0 Å². The zero-order valence-electron chi connectivity index (χ0n) is 10.2. The third-order valence-corrected chi connectivity index (χ3v) is 3.32. The summed E-state index contributed by atoms with van der Waals surface area (Å²) in [6.45, 7) is 4.15. The molecular formula is C12H22N2OS. The predicted octanol–water partition coefficient (Wildman–Crippen LogP) is 2.48. The van der Waals surface area contributed by atoms with Crippen LogP contribution in [0.4, 0.5) is 0 Å². The normalized spacial score (nSPS) is 12.9. The summed E-state index contributed by atoms with van der Waals surface area (Å²) in [5.41, 5.74) is 1.90. The van der Waals surface area contributed by atoms with Crippen LogP contribution in [0.15, 0.2) is 11.7 Å². The maximum absolute atomic E-state index is 5.09. The lowest BCUT2D eigenvalue weighted by molar-refractivity contribution is 0.188. The van der Waals surface area contributed by atoms with Gasteiger partial charge in [-0.05, 0) is 32.2 Å². The van der Waals surface area contributed by atoms with Crippen LogP contribution in [-0.2, 0) is 11.2 Å². The van der Waals surface area contributed by atoms with Crippen LogP contribution in [0.3, 0.4) is 0 Å². The molecule has 0 aliphatic carbocycles. The molecule has 1 heterocycles. The highest BCUT2D eigenvalue weighted by molar-refractivity contribution is 7.09. The Labute approximate surface area is 102 Å². The summed E-state index contributed by atoms with van der Waals surface area (Å²) in [6, 6.07) is 0.565. The van der Waals surface area contributed by atoms with E-state index in [0.717, 1.165) is 26.0 Å². The summed E-state index contributed by atoms with van der Waals surface area (Å²) < 4.78 is 5.09. The van der Waals surface area contributed by atoms with Crippen LogP contribution < -0.4 is 5.32 Å². The van der Waals surface area contributed by atoms with Crippen molar-refractivity contribution in [1.29, 1.82) is 0 Å². The molecule has 0 saturated heterocycles. The maximum atomic E-state index is 5.09. The number of hydrogen-bond acceptors (Lipinski definition) is 4. The highest BCUT2D eigenvalue weighted by atomic mass is 32.1. The molecule has 0 aliphatic rings. The predicted molar refractivity (Wildman–Crippen MR) is 69.0 cm³/mol. The molecule has 0 aromatic carbocycles. The summed E-state index contributed by atoms with van der Waals surface area (Å²) in [6.07, 6.45) is 6.54. The molecule has 1 aromatic rings. The molecule has 0 radical (unpaired) electrons. The second kappa shape index (κ2) is 8.67. The smallest absolute Gasteiger partial charge is 0.0794 e. The average molecular weight is 242 g/mol. The Morgan fingerprint density at radius 2 is 2.44 bits per heavy atom. The van der Waals surface area contributed by atoms with Gasteiger partial charge in [-0.25, -0.2) is 0 Å². The number of nitrogens with zero attached hydrogens (tertiary/aromatic N) is 1. The molecule has 3 nitrogen and oxygen atoms in total. The summed E-state index contributed by atoms with van der Waals surface area (Å²) in [7, 11) is 1.76. The Hall–Kier alpha value is -0.450. The van der Waals surface area contributed by atoms with E-state index in [4.69, 9.17) is 4.74 Å². The molecule has 1 atom stereocenters. The van der Waals surface area contributed by atoms with Crippen molar-refractivity contribution in [2.45, 2.75) is 38.6 Å². The molecule has 1 N–H and O–H groups in total. The molecule has 0 bridgehead atoms. The second-order valence-electron chi connectivity index (χ2n) is 3.96. The lowest BCUT2D eigenvalue weighted by Crippen LogP contribution is -2.31. The number of methoxy groups -OCH3 is 1. The standard InChI is InChI=1S/C12H22N2OS/c1-3-6-14-11(5-4-7-15-2)8-12-9-13-10-16-12/h9-11,14H,3-8H2,1-2H3. The number of rotatable bonds is 9. The lowest BCUT2D eigenvalue weighted by atomic mass is 10.1. The Balaban J connectivity index is 2.31. The largest absolute Gasteiger partial charge is 0.385 e. The van der Waals surface area contributed by atoms with Crippen LogP contribution in [-0.4, -0.2) is 31.3 Å². The fourth-order valence-corrected chi connectivity index (χ4v) is 2.36. The molecule has 0 saturated carbocycles. The first-order valence-corrected chi connectivity index (χ1v) is 6.84. The molecule has 1 aromatic heterocycles. The Morgan fingerprint density at radius 1 is 1.56 bits per heavy atom. The maximum Gasteiger partial charge on any atom is 0.0794 e. The minimum absolute atomic E-state index is 0.565. The van der Waals surface area contributed by atoms with E-state index < -0.39 is 0 Å². The van der Waals surface area contributed by atoms with E-state index >= 15 is 0 Å². The molecule has 1 rings (SSSR count). The van der Waals surface area contributed by atoms with Gasteiger partial charge in [-0.3, -0.25) is 4.98 Å². The van der Waals surface area contributed by atoms with Gasteiger partial charge in [0.05, 0.1) is 5.51 Å².